The average molecular weight is 336 g/mol. The van der Waals surface area contributed by atoms with Gasteiger partial charge in [-0.2, -0.15) is 0 Å². The fourth-order valence-electron chi connectivity index (χ4n) is 2.42. The fraction of sp³-hybridized carbons (Fsp3) is 0.294. The number of halogens is 2. The van der Waals surface area contributed by atoms with E-state index in [4.69, 9.17) is 0 Å². The summed E-state index contributed by atoms with van der Waals surface area (Å²) in [5.41, 5.74) is 2.08. The van der Waals surface area contributed by atoms with Gasteiger partial charge in [-0.15, -0.1) is 0 Å². The first-order valence-corrected chi connectivity index (χ1v) is 7.63. The van der Waals surface area contributed by atoms with Crippen molar-refractivity contribution in [3.05, 3.63) is 69.9 Å². The van der Waals surface area contributed by atoms with Gasteiger partial charge in [0.25, 0.3) is 0 Å². The molecule has 2 aromatic carbocycles. The number of hydrogen-bond acceptors (Lipinski definition) is 1. The minimum atomic E-state index is -0.121. The Balaban J connectivity index is 2.07. The molecule has 0 heterocycles. The second-order valence-corrected chi connectivity index (χ2v) is 5.86. The predicted molar refractivity (Wildman–Crippen MR) is 85.5 cm³/mol. The molecule has 0 aliphatic carbocycles. The summed E-state index contributed by atoms with van der Waals surface area (Å²) >= 11 is 3.40. The fourth-order valence-corrected chi connectivity index (χ4v) is 2.83. The Labute approximate surface area is 128 Å². The highest BCUT2D eigenvalue weighted by Gasteiger charge is 2.12. The third-order valence-electron chi connectivity index (χ3n) is 3.49. The molecule has 0 saturated heterocycles. The van der Waals surface area contributed by atoms with Crippen LogP contribution in [0.15, 0.2) is 53.0 Å². The van der Waals surface area contributed by atoms with Crippen molar-refractivity contribution >= 4 is 15.9 Å². The molecule has 0 bridgehead atoms. The van der Waals surface area contributed by atoms with Crippen molar-refractivity contribution in [3.8, 4) is 0 Å². The van der Waals surface area contributed by atoms with Crippen molar-refractivity contribution < 1.29 is 4.39 Å². The Morgan fingerprint density at radius 3 is 2.60 bits per heavy atom. The highest BCUT2D eigenvalue weighted by Crippen LogP contribution is 2.23. The second kappa shape index (κ2) is 7.55. The number of rotatable bonds is 6. The second-order valence-electron chi connectivity index (χ2n) is 4.94. The standard InChI is InChI=1S/C17H19BrFN/c1-20-12-15(13-5-3-2-4-6-13)8-7-14-11-16(18)9-10-17(14)19/h2-6,9-11,15,20H,7-8,12H2,1H3. The molecule has 0 aliphatic heterocycles. The number of aryl methyl sites for hydroxylation is 1. The zero-order valence-electron chi connectivity index (χ0n) is 11.6. The maximum atomic E-state index is 13.8. The highest BCUT2D eigenvalue weighted by atomic mass is 79.9. The number of hydrogen-bond donors (Lipinski definition) is 1. The van der Waals surface area contributed by atoms with Crippen LogP contribution in [0, 0.1) is 5.82 Å². The molecule has 0 amide bonds. The van der Waals surface area contributed by atoms with E-state index >= 15 is 0 Å². The van der Waals surface area contributed by atoms with Crippen LogP contribution < -0.4 is 5.32 Å². The van der Waals surface area contributed by atoms with Gasteiger partial charge in [-0.1, -0.05) is 46.3 Å². The molecule has 1 N–H and O–H groups in total. The van der Waals surface area contributed by atoms with E-state index in [9.17, 15) is 4.39 Å². The molecule has 0 aliphatic rings. The van der Waals surface area contributed by atoms with Gasteiger partial charge in [-0.25, -0.2) is 4.39 Å². The summed E-state index contributed by atoms with van der Waals surface area (Å²) < 4.78 is 14.7. The van der Waals surface area contributed by atoms with Gasteiger partial charge in [0, 0.05) is 11.0 Å². The molecule has 0 radical (unpaired) electrons. The van der Waals surface area contributed by atoms with Crippen LogP contribution in [0.25, 0.3) is 0 Å². The highest BCUT2D eigenvalue weighted by molar-refractivity contribution is 9.10. The normalized spacial score (nSPS) is 12.3. The Hall–Kier alpha value is -1.19. The lowest BCUT2D eigenvalue weighted by molar-refractivity contribution is 0.561. The molecule has 0 fully saturated rings. The van der Waals surface area contributed by atoms with E-state index < -0.39 is 0 Å². The van der Waals surface area contributed by atoms with E-state index in [0.717, 1.165) is 29.4 Å². The summed E-state index contributed by atoms with van der Waals surface area (Å²) in [5.74, 6) is 0.282. The lowest BCUT2D eigenvalue weighted by Gasteiger charge is -2.17. The molecule has 106 valence electrons. The first-order chi connectivity index (χ1) is 9.70. The number of likely N-dealkylation sites (N-methyl/N-ethyl adjacent to an activating group) is 1. The topological polar surface area (TPSA) is 12.0 Å². The predicted octanol–water partition coefficient (Wildman–Crippen LogP) is 4.52. The van der Waals surface area contributed by atoms with Crippen molar-refractivity contribution in [3.63, 3.8) is 0 Å². The summed E-state index contributed by atoms with van der Waals surface area (Å²) in [7, 11) is 1.95. The van der Waals surface area contributed by atoms with Gasteiger partial charge in [0.15, 0.2) is 0 Å². The summed E-state index contributed by atoms with van der Waals surface area (Å²) in [5, 5.41) is 3.23. The maximum Gasteiger partial charge on any atom is 0.126 e. The van der Waals surface area contributed by atoms with Gasteiger partial charge >= 0.3 is 0 Å². The Bertz CT molecular complexity index is 542. The SMILES string of the molecule is CNCC(CCc1cc(Br)ccc1F)c1ccccc1. The largest absolute Gasteiger partial charge is 0.319 e. The zero-order chi connectivity index (χ0) is 14.4. The number of benzene rings is 2. The van der Waals surface area contributed by atoms with Crippen LogP contribution in [-0.2, 0) is 6.42 Å². The van der Waals surface area contributed by atoms with Crippen LogP contribution in [-0.4, -0.2) is 13.6 Å². The molecule has 0 aromatic heterocycles. The van der Waals surface area contributed by atoms with E-state index in [1.165, 1.54) is 11.6 Å². The average Bonchev–Trinajstić information content (AvgIpc) is 2.47. The summed E-state index contributed by atoms with van der Waals surface area (Å²) in [6.07, 6.45) is 1.67. The minimum Gasteiger partial charge on any atom is -0.319 e. The van der Waals surface area contributed by atoms with Crippen molar-refractivity contribution in [2.24, 2.45) is 0 Å². The smallest absolute Gasteiger partial charge is 0.126 e. The van der Waals surface area contributed by atoms with Crippen LogP contribution in [0.5, 0.6) is 0 Å². The third-order valence-corrected chi connectivity index (χ3v) is 3.98. The summed E-state index contributed by atoms with van der Waals surface area (Å²) in [4.78, 5) is 0. The molecule has 0 saturated carbocycles. The van der Waals surface area contributed by atoms with Gasteiger partial charge in [-0.05, 0) is 55.1 Å². The van der Waals surface area contributed by atoms with Crippen LogP contribution in [0.3, 0.4) is 0 Å². The van der Waals surface area contributed by atoms with E-state index in [2.05, 4.69) is 45.5 Å². The lowest BCUT2D eigenvalue weighted by Crippen LogP contribution is -2.18. The molecular formula is C17H19BrFN. The molecule has 20 heavy (non-hydrogen) atoms. The first-order valence-electron chi connectivity index (χ1n) is 6.84. The van der Waals surface area contributed by atoms with Crippen LogP contribution >= 0.6 is 15.9 Å². The van der Waals surface area contributed by atoms with Crippen LogP contribution in [0.2, 0.25) is 0 Å². The van der Waals surface area contributed by atoms with E-state index in [0.29, 0.717) is 5.92 Å². The first kappa shape index (κ1) is 15.2. The maximum absolute atomic E-state index is 13.8. The van der Waals surface area contributed by atoms with E-state index in [-0.39, 0.29) is 5.82 Å². The molecule has 3 heteroatoms. The Kier molecular flexibility index (Phi) is 5.74. The summed E-state index contributed by atoms with van der Waals surface area (Å²) in [6.45, 7) is 0.902. The van der Waals surface area contributed by atoms with Gasteiger partial charge in [-0.3, -0.25) is 0 Å². The Morgan fingerprint density at radius 1 is 1.15 bits per heavy atom. The van der Waals surface area contributed by atoms with Gasteiger partial charge < -0.3 is 5.32 Å². The minimum absolute atomic E-state index is 0.121. The monoisotopic (exact) mass is 335 g/mol. The molecule has 2 rings (SSSR count). The van der Waals surface area contributed by atoms with Crippen molar-refractivity contribution in [1.82, 2.24) is 5.32 Å². The molecule has 1 nitrogen and oxygen atoms in total. The van der Waals surface area contributed by atoms with E-state index in [1.807, 2.05) is 19.2 Å². The molecule has 1 atom stereocenters. The number of nitrogens with one attached hydrogen (secondary N) is 1. The quantitative estimate of drug-likeness (QED) is 0.818. The molecule has 0 spiro atoms. The van der Waals surface area contributed by atoms with Gasteiger partial charge in [0.05, 0.1) is 0 Å². The van der Waals surface area contributed by atoms with Gasteiger partial charge in [0.2, 0.25) is 0 Å². The van der Waals surface area contributed by atoms with Gasteiger partial charge in [0.1, 0.15) is 5.82 Å². The van der Waals surface area contributed by atoms with Crippen molar-refractivity contribution in [1.29, 1.82) is 0 Å². The van der Waals surface area contributed by atoms with Crippen molar-refractivity contribution in [2.45, 2.75) is 18.8 Å². The molecular weight excluding hydrogens is 317 g/mol. The zero-order valence-corrected chi connectivity index (χ0v) is 13.2. The molecule has 2 aromatic rings. The molecule has 1 unspecified atom stereocenters. The van der Waals surface area contributed by atoms with Crippen LogP contribution in [0.4, 0.5) is 4.39 Å². The van der Waals surface area contributed by atoms with E-state index in [1.54, 1.807) is 6.07 Å². The lowest BCUT2D eigenvalue weighted by atomic mass is 9.92. The van der Waals surface area contributed by atoms with Crippen molar-refractivity contribution in [2.75, 3.05) is 13.6 Å². The summed E-state index contributed by atoms with van der Waals surface area (Å²) in [6, 6.07) is 15.5. The van der Waals surface area contributed by atoms with Crippen LogP contribution in [0.1, 0.15) is 23.5 Å². The third kappa shape index (κ3) is 4.15. The Morgan fingerprint density at radius 2 is 1.90 bits per heavy atom.